The number of hydrogen-bond donors (Lipinski definition) is 1. The van der Waals surface area contributed by atoms with Gasteiger partial charge in [-0.05, 0) is 36.8 Å². The van der Waals surface area contributed by atoms with Crippen molar-refractivity contribution in [2.24, 2.45) is 11.8 Å². The monoisotopic (exact) mass is 328 g/mol. The molecule has 24 heavy (non-hydrogen) atoms. The van der Waals surface area contributed by atoms with Gasteiger partial charge in [0, 0.05) is 18.0 Å². The van der Waals surface area contributed by atoms with Crippen LogP contribution >= 0.6 is 0 Å². The number of hydrogen-bond acceptors (Lipinski definition) is 4. The number of benzene rings is 1. The third-order valence-electron chi connectivity index (χ3n) is 6.87. The molecular weight excluding hydrogens is 304 g/mol. The van der Waals surface area contributed by atoms with Gasteiger partial charge in [0.15, 0.2) is 0 Å². The lowest BCUT2D eigenvalue weighted by Crippen LogP contribution is -2.53. The number of rotatable bonds is 2. The minimum Gasteiger partial charge on any atom is -0.376 e. The van der Waals surface area contributed by atoms with E-state index in [-0.39, 0.29) is 12.0 Å². The normalized spacial score (nSPS) is 42.7. The minimum absolute atomic E-state index is 0.0410. The number of fused-ring (bicyclic) bond motifs is 2. The van der Waals surface area contributed by atoms with Crippen LogP contribution in [-0.2, 0) is 19.8 Å². The van der Waals surface area contributed by atoms with Crippen molar-refractivity contribution in [1.82, 2.24) is 5.32 Å². The fourth-order valence-electron chi connectivity index (χ4n) is 5.82. The van der Waals surface area contributed by atoms with E-state index in [0.717, 1.165) is 37.1 Å². The largest absolute Gasteiger partial charge is 0.376 e. The number of hydroxylamine groups is 1. The highest BCUT2D eigenvalue weighted by Gasteiger charge is 2.64. The zero-order chi connectivity index (χ0) is 16.5. The molecule has 4 aliphatic heterocycles. The summed E-state index contributed by atoms with van der Waals surface area (Å²) in [6.07, 6.45) is 2.87. The molecule has 1 aromatic rings. The molecule has 1 amide bonds. The van der Waals surface area contributed by atoms with Crippen LogP contribution in [0.4, 0.5) is 5.69 Å². The van der Waals surface area contributed by atoms with Gasteiger partial charge in [0.25, 0.3) is 5.91 Å². The maximum Gasteiger partial charge on any atom is 0.264 e. The highest BCUT2D eigenvalue weighted by Crippen LogP contribution is 2.56. The third kappa shape index (κ3) is 1.63. The molecule has 6 atom stereocenters. The first-order valence-electron chi connectivity index (χ1n) is 9.06. The van der Waals surface area contributed by atoms with E-state index in [1.54, 1.807) is 7.11 Å². The predicted molar refractivity (Wildman–Crippen MR) is 89.6 cm³/mol. The van der Waals surface area contributed by atoms with Gasteiger partial charge >= 0.3 is 0 Å². The summed E-state index contributed by atoms with van der Waals surface area (Å²) in [5, 5.41) is 5.29. The van der Waals surface area contributed by atoms with E-state index in [4.69, 9.17) is 9.57 Å². The number of anilines is 1. The van der Waals surface area contributed by atoms with E-state index >= 15 is 0 Å². The molecule has 4 fully saturated rings. The summed E-state index contributed by atoms with van der Waals surface area (Å²) in [4.78, 5) is 18.9. The van der Waals surface area contributed by atoms with Gasteiger partial charge in [-0.1, -0.05) is 25.1 Å². The van der Waals surface area contributed by atoms with Crippen molar-refractivity contribution in [3.8, 4) is 0 Å². The molecule has 128 valence electrons. The average Bonchev–Trinajstić information content (AvgIpc) is 2.96. The minimum atomic E-state index is -0.605. The summed E-state index contributed by atoms with van der Waals surface area (Å²) in [5.41, 5.74) is 1.35. The molecule has 5 nitrogen and oxygen atoms in total. The lowest BCUT2D eigenvalue weighted by Gasteiger charge is -2.40. The fraction of sp³-hybridized carbons (Fsp3) is 0.632. The Morgan fingerprint density at radius 2 is 2.21 bits per heavy atom. The van der Waals surface area contributed by atoms with Crippen molar-refractivity contribution in [2.75, 3.05) is 18.8 Å². The van der Waals surface area contributed by atoms with Gasteiger partial charge in [0.1, 0.15) is 5.41 Å². The molecule has 0 radical (unpaired) electrons. The summed E-state index contributed by atoms with van der Waals surface area (Å²) in [5.74, 6) is 1.19. The number of carbonyl (C=O) groups is 1. The lowest BCUT2D eigenvalue weighted by atomic mass is 9.71. The highest BCUT2D eigenvalue weighted by molar-refractivity contribution is 6.07. The molecule has 3 saturated heterocycles. The van der Waals surface area contributed by atoms with Crippen LogP contribution < -0.4 is 10.4 Å². The second-order valence-electron chi connectivity index (χ2n) is 7.65. The van der Waals surface area contributed by atoms with E-state index in [1.165, 1.54) is 5.06 Å². The Morgan fingerprint density at radius 1 is 1.38 bits per heavy atom. The zero-order valence-corrected chi connectivity index (χ0v) is 14.2. The van der Waals surface area contributed by atoms with E-state index in [2.05, 4.69) is 18.3 Å². The Bertz CT molecular complexity index is 693. The van der Waals surface area contributed by atoms with Crippen LogP contribution in [0, 0.1) is 11.8 Å². The van der Waals surface area contributed by atoms with Crippen LogP contribution in [0.25, 0.3) is 0 Å². The van der Waals surface area contributed by atoms with Crippen LogP contribution in [0.5, 0.6) is 0 Å². The average molecular weight is 328 g/mol. The summed E-state index contributed by atoms with van der Waals surface area (Å²) in [7, 11) is 1.57. The Kier molecular flexibility index (Phi) is 3.12. The first-order valence-corrected chi connectivity index (χ1v) is 9.06. The van der Waals surface area contributed by atoms with Crippen LogP contribution in [0.1, 0.15) is 31.7 Å². The summed E-state index contributed by atoms with van der Waals surface area (Å²) in [6.45, 7) is 3.02. The number of nitrogens with one attached hydrogen (secondary N) is 1. The molecule has 1 spiro atoms. The molecule has 1 aromatic carbocycles. The molecular formula is C19H24N2O3. The van der Waals surface area contributed by atoms with Crippen LogP contribution in [0.15, 0.2) is 24.3 Å². The first kappa shape index (κ1) is 14.9. The van der Waals surface area contributed by atoms with Crippen molar-refractivity contribution in [3.05, 3.63) is 29.8 Å². The maximum absolute atomic E-state index is 13.4. The standard InChI is InChI=1S/C19H24N2O3/c1-3-14-11-8-17-19(9-15(20-14)12(11)10-24-17)13-6-4-5-7-16(13)21(23-2)18(19)22/h4-7,11-12,14-15,17,20H,3,8-10H2,1-2H3/t11-,12-,14-,15+,17-,19+/m1/s1. The molecule has 1 N–H and O–H groups in total. The molecule has 0 aromatic heterocycles. The number of amides is 1. The zero-order valence-electron chi connectivity index (χ0n) is 14.2. The molecule has 5 aliphatic rings. The molecule has 4 heterocycles. The topological polar surface area (TPSA) is 50.8 Å². The Hall–Kier alpha value is -1.43. The Morgan fingerprint density at radius 3 is 3.00 bits per heavy atom. The van der Waals surface area contributed by atoms with Gasteiger partial charge in [0.05, 0.1) is 25.5 Å². The second kappa shape index (κ2) is 5.04. The van der Waals surface area contributed by atoms with E-state index in [1.807, 2.05) is 18.2 Å². The quantitative estimate of drug-likeness (QED) is 0.902. The van der Waals surface area contributed by atoms with Gasteiger partial charge in [-0.25, -0.2) is 0 Å². The molecule has 1 aliphatic carbocycles. The fourth-order valence-corrected chi connectivity index (χ4v) is 5.82. The number of ether oxygens (including phenoxy) is 1. The number of nitrogens with zero attached hydrogens (tertiary/aromatic N) is 1. The van der Waals surface area contributed by atoms with Crippen molar-refractivity contribution in [1.29, 1.82) is 0 Å². The van der Waals surface area contributed by atoms with Crippen LogP contribution in [-0.4, -0.2) is 37.8 Å². The first-order chi connectivity index (χ1) is 11.7. The Balaban J connectivity index is 1.66. The van der Waals surface area contributed by atoms with Gasteiger partial charge < -0.3 is 10.1 Å². The molecule has 1 saturated carbocycles. The van der Waals surface area contributed by atoms with Crippen LogP contribution in [0.3, 0.4) is 0 Å². The third-order valence-corrected chi connectivity index (χ3v) is 6.87. The predicted octanol–water partition coefficient (Wildman–Crippen LogP) is 2.01. The van der Waals surface area contributed by atoms with Crippen molar-refractivity contribution < 1.29 is 14.4 Å². The number of para-hydroxylation sites is 1. The van der Waals surface area contributed by atoms with Gasteiger partial charge in [-0.15, -0.1) is 0 Å². The highest BCUT2D eigenvalue weighted by atomic mass is 16.7. The van der Waals surface area contributed by atoms with Gasteiger partial charge in [-0.2, -0.15) is 5.06 Å². The molecule has 5 heteroatoms. The SMILES string of the molecule is CC[C@H]1N[C@H]2C[C@@]3(C(=O)N(OC)c4ccccc43)[C@H]3C[C@@H]1[C@H]2CO3. The lowest BCUT2D eigenvalue weighted by molar-refractivity contribution is -0.138. The maximum atomic E-state index is 13.4. The summed E-state index contributed by atoms with van der Waals surface area (Å²) >= 11 is 0. The van der Waals surface area contributed by atoms with Crippen LogP contribution in [0.2, 0.25) is 0 Å². The van der Waals surface area contributed by atoms with E-state index in [0.29, 0.717) is 23.9 Å². The smallest absolute Gasteiger partial charge is 0.264 e. The van der Waals surface area contributed by atoms with E-state index < -0.39 is 5.41 Å². The summed E-state index contributed by atoms with van der Waals surface area (Å²) in [6, 6.07) is 8.95. The van der Waals surface area contributed by atoms with Gasteiger partial charge in [-0.3, -0.25) is 9.63 Å². The summed E-state index contributed by atoms with van der Waals surface area (Å²) < 4.78 is 6.29. The number of carbonyl (C=O) groups excluding carboxylic acids is 1. The second-order valence-corrected chi connectivity index (χ2v) is 7.65. The molecule has 4 bridgehead atoms. The van der Waals surface area contributed by atoms with E-state index in [9.17, 15) is 4.79 Å². The van der Waals surface area contributed by atoms with Crippen molar-refractivity contribution in [2.45, 2.75) is 49.8 Å². The van der Waals surface area contributed by atoms with Crippen molar-refractivity contribution >= 4 is 11.6 Å². The molecule has 0 unspecified atom stereocenters. The Labute approximate surface area is 142 Å². The molecule has 6 rings (SSSR count). The van der Waals surface area contributed by atoms with Gasteiger partial charge in [0.2, 0.25) is 0 Å². The van der Waals surface area contributed by atoms with Crippen molar-refractivity contribution in [3.63, 3.8) is 0 Å².